The minimum absolute atomic E-state index is 0.151. The highest BCUT2D eigenvalue weighted by atomic mass is 32.2. The van der Waals surface area contributed by atoms with Crippen LogP contribution in [0.3, 0.4) is 0 Å². The first-order valence-electron chi connectivity index (χ1n) is 7.60. The molecule has 4 nitrogen and oxygen atoms in total. The third-order valence-electron chi connectivity index (χ3n) is 3.93. The second-order valence-electron chi connectivity index (χ2n) is 5.69. The monoisotopic (exact) mass is 315 g/mol. The molecule has 2 heterocycles. The molecule has 1 aliphatic heterocycles. The van der Waals surface area contributed by atoms with Gasteiger partial charge in [0.15, 0.2) is 0 Å². The molecule has 116 valence electrons. The second-order valence-corrected chi connectivity index (χ2v) is 6.91. The summed E-state index contributed by atoms with van der Waals surface area (Å²) in [6.07, 6.45) is 0. The van der Waals surface area contributed by atoms with E-state index in [1.807, 2.05) is 52.5 Å². The molecule has 0 aliphatic carbocycles. The molecule has 0 N–H and O–H groups in total. The van der Waals surface area contributed by atoms with Crippen LogP contribution in [0.4, 0.5) is 0 Å². The Kier molecular flexibility index (Phi) is 4.52. The lowest BCUT2D eigenvalue weighted by atomic mass is 10.1. The fourth-order valence-electron chi connectivity index (χ4n) is 2.71. The van der Waals surface area contributed by atoms with Gasteiger partial charge < -0.3 is 4.90 Å². The van der Waals surface area contributed by atoms with Crippen LogP contribution in [0.5, 0.6) is 0 Å². The molecule has 0 unspecified atom stereocenters. The van der Waals surface area contributed by atoms with Crippen LogP contribution in [0.25, 0.3) is 0 Å². The van der Waals surface area contributed by atoms with Crippen molar-refractivity contribution in [2.75, 3.05) is 24.6 Å². The normalized spacial score (nSPS) is 15.1. The van der Waals surface area contributed by atoms with E-state index in [4.69, 9.17) is 0 Å². The summed E-state index contributed by atoms with van der Waals surface area (Å²) >= 11 is 1.91. The van der Waals surface area contributed by atoms with Crippen molar-refractivity contribution in [3.8, 4) is 0 Å². The third kappa shape index (κ3) is 3.35. The molecular formula is C17H21N3OS. The molecule has 2 aromatic rings. The Morgan fingerprint density at radius 3 is 2.45 bits per heavy atom. The van der Waals surface area contributed by atoms with Crippen molar-refractivity contribution in [2.45, 2.75) is 20.4 Å². The predicted molar refractivity (Wildman–Crippen MR) is 90.5 cm³/mol. The van der Waals surface area contributed by atoms with Gasteiger partial charge in [-0.15, -0.1) is 0 Å². The quantitative estimate of drug-likeness (QED) is 0.874. The van der Waals surface area contributed by atoms with E-state index in [1.54, 1.807) is 0 Å². The molecule has 0 bridgehead atoms. The highest BCUT2D eigenvalue weighted by Gasteiger charge is 2.18. The average molecular weight is 315 g/mol. The van der Waals surface area contributed by atoms with Crippen LogP contribution >= 0.6 is 11.8 Å². The first kappa shape index (κ1) is 15.2. The summed E-state index contributed by atoms with van der Waals surface area (Å²) in [5, 5.41) is 4.48. The van der Waals surface area contributed by atoms with E-state index in [1.165, 1.54) is 0 Å². The molecule has 1 aromatic carbocycles. The summed E-state index contributed by atoms with van der Waals surface area (Å²) in [4.78, 5) is 14.4. The Morgan fingerprint density at radius 1 is 1.18 bits per heavy atom. The maximum atomic E-state index is 12.4. The van der Waals surface area contributed by atoms with Crippen LogP contribution < -0.4 is 0 Å². The van der Waals surface area contributed by atoms with E-state index in [-0.39, 0.29) is 5.91 Å². The molecule has 22 heavy (non-hydrogen) atoms. The lowest BCUT2D eigenvalue weighted by molar-refractivity contribution is 0.0772. The van der Waals surface area contributed by atoms with E-state index in [0.717, 1.165) is 53.7 Å². The van der Waals surface area contributed by atoms with Gasteiger partial charge in [0.05, 0.1) is 12.2 Å². The lowest BCUT2D eigenvalue weighted by Gasteiger charge is -2.26. The van der Waals surface area contributed by atoms with E-state index >= 15 is 0 Å². The van der Waals surface area contributed by atoms with Crippen LogP contribution in [0.2, 0.25) is 0 Å². The van der Waals surface area contributed by atoms with E-state index < -0.39 is 0 Å². The smallest absolute Gasteiger partial charge is 0.253 e. The molecule has 1 aliphatic rings. The van der Waals surface area contributed by atoms with Crippen molar-refractivity contribution in [1.82, 2.24) is 14.7 Å². The number of amides is 1. The molecule has 0 saturated carbocycles. The van der Waals surface area contributed by atoms with Crippen LogP contribution in [-0.2, 0) is 6.54 Å². The van der Waals surface area contributed by atoms with Crippen LogP contribution in [0.1, 0.15) is 27.3 Å². The first-order chi connectivity index (χ1) is 10.6. The van der Waals surface area contributed by atoms with Gasteiger partial charge in [0, 0.05) is 35.9 Å². The third-order valence-corrected chi connectivity index (χ3v) is 4.88. The maximum Gasteiger partial charge on any atom is 0.253 e. The predicted octanol–water partition coefficient (Wildman–Crippen LogP) is 2.74. The fraction of sp³-hybridized carbons (Fsp3) is 0.412. The number of aromatic nitrogens is 2. The van der Waals surface area contributed by atoms with Gasteiger partial charge in [0.1, 0.15) is 0 Å². The Labute approximate surface area is 135 Å². The zero-order chi connectivity index (χ0) is 15.5. The summed E-state index contributed by atoms with van der Waals surface area (Å²) in [5.74, 6) is 2.24. The Hall–Kier alpha value is -1.75. The van der Waals surface area contributed by atoms with Gasteiger partial charge in [-0.25, -0.2) is 0 Å². The number of nitrogens with zero attached hydrogens (tertiary/aromatic N) is 3. The summed E-state index contributed by atoms with van der Waals surface area (Å²) in [6.45, 7) is 6.52. The van der Waals surface area contributed by atoms with Crippen molar-refractivity contribution >= 4 is 17.7 Å². The van der Waals surface area contributed by atoms with Crippen molar-refractivity contribution in [3.63, 3.8) is 0 Å². The van der Waals surface area contributed by atoms with Gasteiger partial charge in [-0.3, -0.25) is 9.48 Å². The lowest BCUT2D eigenvalue weighted by Crippen LogP contribution is -2.37. The first-order valence-corrected chi connectivity index (χ1v) is 8.76. The number of thioether (sulfide) groups is 1. The SMILES string of the molecule is Cc1cc(C)n(Cc2ccc(C(=O)N3CCSCC3)cc2)n1. The van der Waals surface area contributed by atoms with Gasteiger partial charge in [-0.1, -0.05) is 12.1 Å². The van der Waals surface area contributed by atoms with Crippen LogP contribution in [0.15, 0.2) is 30.3 Å². The van der Waals surface area contributed by atoms with Gasteiger partial charge in [-0.05, 0) is 37.6 Å². The van der Waals surface area contributed by atoms with Gasteiger partial charge >= 0.3 is 0 Å². The molecule has 0 atom stereocenters. The Balaban J connectivity index is 1.69. The summed E-state index contributed by atoms with van der Waals surface area (Å²) in [5.41, 5.74) is 4.14. The summed E-state index contributed by atoms with van der Waals surface area (Å²) < 4.78 is 1.99. The van der Waals surface area contributed by atoms with E-state index in [2.05, 4.69) is 18.1 Å². The van der Waals surface area contributed by atoms with Crippen LogP contribution in [-0.4, -0.2) is 45.2 Å². The summed E-state index contributed by atoms with van der Waals surface area (Å²) in [7, 11) is 0. The van der Waals surface area contributed by atoms with Gasteiger partial charge in [0.25, 0.3) is 5.91 Å². The molecule has 0 radical (unpaired) electrons. The van der Waals surface area contributed by atoms with Crippen molar-refractivity contribution in [3.05, 3.63) is 52.8 Å². The highest BCUT2D eigenvalue weighted by Crippen LogP contribution is 2.14. The topological polar surface area (TPSA) is 38.1 Å². The molecular weight excluding hydrogens is 294 g/mol. The van der Waals surface area contributed by atoms with E-state index in [9.17, 15) is 4.79 Å². The largest absolute Gasteiger partial charge is 0.337 e. The summed E-state index contributed by atoms with van der Waals surface area (Å²) in [6, 6.07) is 10.0. The number of carbonyl (C=O) groups excluding carboxylic acids is 1. The average Bonchev–Trinajstić information content (AvgIpc) is 2.86. The van der Waals surface area contributed by atoms with Crippen molar-refractivity contribution in [2.24, 2.45) is 0 Å². The number of rotatable bonds is 3. The van der Waals surface area contributed by atoms with Crippen molar-refractivity contribution in [1.29, 1.82) is 0 Å². The highest BCUT2D eigenvalue weighted by molar-refractivity contribution is 7.99. The van der Waals surface area contributed by atoms with Gasteiger partial charge in [-0.2, -0.15) is 16.9 Å². The molecule has 1 fully saturated rings. The maximum absolute atomic E-state index is 12.4. The molecule has 1 amide bonds. The fourth-order valence-corrected chi connectivity index (χ4v) is 3.61. The van der Waals surface area contributed by atoms with Crippen LogP contribution in [0, 0.1) is 13.8 Å². The molecule has 1 saturated heterocycles. The molecule has 1 aromatic heterocycles. The van der Waals surface area contributed by atoms with E-state index in [0.29, 0.717) is 0 Å². The molecule has 5 heteroatoms. The number of aryl methyl sites for hydroxylation is 2. The number of benzene rings is 1. The standard InChI is InChI=1S/C17H21N3OS/c1-13-11-14(2)20(18-13)12-15-3-5-16(6-4-15)17(21)19-7-9-22-10-8-19/h3-6,11H,7-10,12H2,1-2H3. The Morgan fingerprint density at radius 2 is 1.86 bits per heavy atom. The molecule has 0 spiro atoms. The number of carbonyl (C=O) groups is 1. The van der Waals surface area contributed by atoms with Crippen molar-refractivity contribution < 1.29 is 4.79 Å². The minimum atomic E-state index is 0.151. The number of hydrogen-bond donors (Lipinski definition) is 0. The molecule has 3 rings (SSSR count). The van der Waals surface area contributed by atoms with Gasteiger partial charge in [0.2, 0.25) is 0 Å². The second kappa shape index (κ2) is 6.57. The number of hydrogen-bond acceptors (Lipinski definition) is 3. The zero-order valence-electron chi connectivity index (χ0n) is 13.1. The minimum Gasteiger partial charge on any atom is -0.337 e. The zero-order valence-corrected chi connectivity index (χ0v) is 13.9. The Bertz CT molecular complexity index is 657.